The highest BCUT2D eigenvalue weighted by molar-refractivity contribution is 9.10. The molecule has 0 radical (unpaired) electrons. The minimum absolute atomic E-state index is 0.00463. The van der Waals surface area contributed by atoms with Crippen molar-refractivity contribution in [2.24, 2.45) is 0 Å². The molecule has 0 aliphatic carbocycles. The maximum absolute atomic E-state index is 6.18. The Hall–Kier alpha value is -0.0500. The number of benzene rings is 1. The van der Waals surface area contributed by atoms with Crippen LogP contribution in [0.4, 0.5) is 0 Å². The number of hydrogen-bond acceptors (Lipinski definition) is 1. The number of rotatable bonds is 0. The molecule has 0 aromatic heterocycles. The molecule has 0 saturated carbocycles. The molecule has 1 aliphatic rings. The summed E-state index contributed by atoms with van der Waals surface area (Å²) in [5.41, 5.74) is 2.51. The first-order valence-corrected chi connectivity index (χ1v) is 5.50. The number of ether oxygens (including phenoxy) is 1. The van der Waals surface area contributed by atoms with Gasteiger partial charge in [0.05, 0.1) is 18.6 Å². The zero-order valence-corrected chi connectivity index (χ0v) is 9.44. The molecule has 1 aromatic rings. The zero-order valence-electron chi connectivity index (χ0n) is 7.09. The average molecular weight is 262 g/mol. The first-order chi connectivity index (χ1) is 6.27. The molecule has 0 N–H and O–H groups in total. The Morgan fingerprint density at radius 3 is 3.15 bits per heavy atom. The van der Waals surface area contributed by atoms with Crippen LogP contribution in [0.3, 0.4) is 0 Å². The van der Waals surface area contributed by atoms with Crippen LogP contribution in [0, 0.1) is 0 Å². The van der Waals surface area contributed by atoms with Gasteiger partial charge in [-0.05, 0) is 29.7 Å². The van der Waals surface area contributed by atoms with E-state index in [0.29, 0.717) is 6.61 Å². The minimum atomic E-state index is -0.00463. The zero-order chi connectivity index (χ0) is 9.26. The van der Waals surface area contributed by atoms with Gasteiger partial charge in [-0.3, -0.25) is 0 Å². The van der Waals surface area contributed by atoms with E-state index in [2.05, 4.69) is 28.1 Å². The summed E-state index contributed by atoms with van der Waals surface area (Å²) in [5.74, 6) is 0. The second-order valence-electron chi connectivity index (χ2n) is 3.14. The van der Waals surface area contributed by atoms with Crippen molar-refractivity contribution in [3.05, 3.63) is 33.8 Å². The van der Waals surface area contributed by atoms with E-state index in [1.54, 1.807) is 0 Å². The topological polar surface area (TPSA) is 9.23 Å². The second kappa shape index (κ2) is 3.99. The van der Waals surface area contributed by atoms with Gasteiger partial charge < -0.3 is 4.74 Å². The molecule has 0 spiro atoms. The summed E-state index contributed by atoms with van der Waals surface area (Å²) in [6.07, 6.45) is 0.964. The first kappa shape index (κ1) is 9.50. The third kappa shape index (κ3) is 2.06. The number of halogens is 2. The Morgan fingerprint density at radius 2 is 2.31 bits per heavy atom. The average Bonchev–Trinajstić information content (AvgIpc) is 2.29. The molecule has 0 bridgehead atoms. The molecule has 0 fully saturated rings. The SMILES string of the molecule is ClC1COCCc2ccc(Br)cc21. The molecule has 1 aromatic carbocycles. The molecule has 1 atom stereocenters. The van der Waals surface area contributed by atoms with Gasteiger partial charge in [0, 0.05) is 4.47 Å². The summed E-state index contributed by atoms with van der Waals surface area (Å²) < 4.78 is 6.46. The van der Waals surface area contributed by atoms with Crippen molar-refractivity contribution in [3.63, 3.8) is 0 Å². The van der Waals surface area contributed by atoms with Crippen LogP contribution in [0.1, 0.15) is 16.5 Å². The van der Waals surface area contributed by atoms with E-state index < -0.39 is 0 Å². The summed E-state index contributed by atoms with van der Waals surface area (Å²) in [6, 6.07) is 6.25. The summed E-state index contributed by atoms with van der Waals surface area (Å²) in [7, 11) is 0. The summed E-state index contributed by atoms with van der Waals surface area (Å²) in [6.45, 7) is 1.39. The lowest BCUT2D eigenvalue weighted by Gasteiger charge is -2.09. The van der Waals surface area contributed by atoms with Gasteiger partial charge in [0.15, 0.2) is 0 Å². The predicted molar refractivity (Wildman–Crippen MR) is 57.3 cm³/mol. The monoisotopic (exact) mass is 260 g/mol. The van der Waals surface area contributed by atoms with Gasteiger partial charge in [0.2, 0.25) is 0 Å². The van der Waals surface area contributed by atoms with Crippen LogP contribution in [0.15, 0.2) is 22.7 Å². The van der Waals surface area contributed by atoms with Crippen LogP contribution in [-0.4, -0.2) is 13.2 Å². The highest BCUT2D eigenvalue weighted by Gasteiger charge is 2.16. The summed E-state index contributed by atoms with van der Waals surface area (Å²) >= 11 is 9.62. The lowest BCUT2D eigenvalue weighted by Crippen LogP contribution is -1.98. The second-order valence-corrected chi connectivity index (χ2v) is 4.58. The van der Waals surface area contributed by atoms with E-state index in [9.17, 15) is 0 Å². The van der Waals surface area contributed by atoms with Crippen molar-refractivity contribution in [1.29, 1.82) is 0 Å². The largest absolute Gasteiger partial charge is 0.379 e. The molecule has 3 heteroatoms. The van der Waals surface area contributed by atoms with E-state index in [-0.39, 0.29) is 5.38 Å². The lowest BCUT2D eigenvalue weighted by atomic mass is 10.0. The highest BCUT2D eigenvalue weighted by Crippen LogP contribution is 2.29. The fourth-order valence-electron chi connectivity index (χ4n) is 1.54. The Labute approximate surface area is 91.2 Å². The van der Waals surface area contributed by atoms with Gasteiger partial charge in [-0.1, -0.05) is 22.0 Å². The maximum atomic E-state index is 6.18. The third-order valence-electron chi connectivity index (χ3n) is 2.23. The maximum Gasteiger partial charge on any atom is 0.0822 e. The molecule has 1 nitrogen and oxygen atoms in total. The number of alkyl halides is 1. The molecule has 0 amide bonds. The molecular weight excluding hydrogens is 251 g/mol. The van der Waals surface area contributed by atoms with Crippen molar-refractivity contribution < 1.29 is 4.74 Å². The smallest absolute Gasteiger partial charge is 0.0822 e. The molecule has 70 valence electrons. The molecular formula is C10H10BrClO. The standard InChI is InChI=1S/C10H10BrClO/c11-8-2-1-7-3-4-13-6-10(12)9(7)5-8/h1-2,5,10H,3-4,6H2. The van der Waals surface area contributed by atoms with Crippen LogP contribution in [0.5, 0.6) is 0 Å². The van der Waals surface area contributed by atoms with Gasteiger partial charge in [0.25, 0.3) is 0 Å². The van der Waals surface area contributed by atoms with E-state index in [1.165, 1.54) is 11.1 Å². The van der Waals surface area contributed by atoms with Crippen LogP contribution in [-0.2, 0) is 11.2 Å². The first-order valence-electron chi connectivity index (χ1n) is 4.27. The van der Waals surface area contributed by atoms with Crippen LogP contribution < -0.4 is 0 Å². The molecule has 1 aliphatic heterocycles. The number of hydrogen-bond donors (Lipinski definition) is 0. The minimum Gasteiger partial charge on any atom is -0.379 e. The molecule has 1 heterocycles. The third-order valence-corrected chi connectivity index (χ3v) is 3.08. The Morgan fingerprint density at radius 1 is 1.46 bits per heavy atom. The van der Waals surface area contributed by atoms with Crippen molar-refractivity contribution in [2.75, 3.05) is 13.2 Å². The quantitative estimate of drug-likeness (QED) is 0.651. The molecule has 13 heavy (non-hydrogen) atoms. The highest BCUT2D eigenvalue weighted by atomic mass is 79.9. The van der Waals surface area contributed by atoms with Gasteiger partial charge >= 0.3 is 0 Å². The van der Waals surface area contributed by atoms with Gasteiger partial charge in [0.1, 0.15) is 0 Å². The molecule has 0 saturated heterocycles. The number of fused-ring (bicyclic) bond motifs is 1. The molecule has 1 unspecified atom stereocenters. The van der Waals surface area contributed by atoms with Crippen LogP contribution in [0.2, 0.25) is 0 Å². The van der Waals surface area contributed by atoms with E-state index >= 15 is 0 Å². The van der Waals surface area contributed by atoms with Gasteiger partial charge in [-0.15, -0.1) is 11.6 Å². The molecule has 2 rings (SSSR count). The van der Waals surface area contributed by atoms with E-state index in [0.717, 1.165) is 17.5 Å². The van der Waals surface area contributed by atoms with E-state index in [1.807, 2.05) is 6.07 Å². The van der Waals surface area contributed by atoms with Crippen LogP contribution in [0.25, 0.3) is 0 Å². The fourth-order valence-corrected chi connectivity index (χ4v) is 2.21. The van der Waals surface area contributed by atoms with Crippen LogP contribution >= 0.6 is 27.5 Å². The van der Waals surface area contributed by atoms with Gasteiger partial charge in [-0.25, -0.2) is 0 Å². The van der Waals surface area contributed by atoms with Crippen molar-refractivity contribution >= 4 is 27.5 Å². The summed E-state index contributed by atoms with van der Waals surface area (Å²) in [5, 5.41) is -0.00463. The predicted octanol–water partition coefficient (Wildman–Crippen LogP) is 3.30. The van der Waals surface area contributed by atoms with Crippen molar-refractivity contribution in [3.8, 4) is 0 Å². The Kier molecular flexibility index (Phi) is 2.92. The van der Waals surface area contributed by atoms with Crippen molar-refractivity contribution in [2.45, 2.75) is 11.8 Å². The Bertz CT molecular complexity index is 314. The van der Waals surface area contributed by atoms with Crippen molar-refractivity contribution in [1.82, 2.24) is 0 Å². The lowest BCUT2D eigenvalue weighted by molar-refractivity contribution is 0.143. The fraction of sp³-hybridized carbons (Fsp3) is 0.400. The summed E-state index contributed by atoms with van der Waals surface area (Å²) in [4.78, 5) is 0. The van der Waals surface area contributed by atoms with E-state index in [4.69, 9.17) is 16.3 Å². The normalized spacial score (nSPS) is 22.2. The Balaban J connectivity index is 2.43. The van der Waals surface area contributed by atoms with Gasteiger partial charge in [-0.2, -0.15) is 0 Å².